The summed E-state index contributed by atoms with van der Waals surface area (Å²) in [5, 5.41) is 8.14. The van der Waals surface area contributed by atoms with E-state index in [4.69, 9.17) is 10.5 Å². The third kappa shape index (κ3) is 12.7. The van der Waals surface area contributed by atoms with Crippen LogP contribution in [0.2, 0.25) is 0 Å². The second-order valence-corrected chi connectivity index (χ2v) is 11.2. The maximum atomic E-state index is 13.2. The minimum Gasteiger partial charge on any atom is -0.445 e. The Morgan fingerprint density at radius 2 is 1.85 bits per heavy atom. The van der Waals surface area contributed by atoms with Crippen LogP contribution in [-0.4, -0.2) is 65.7 Å². The SMILES string of the molecule is CC(C)C[C@H](NC(=O)OCc1ccccc1)C(=O)N[C@@H](CCCCN)C(=O)CSCCC(=O)C1CCC(=O)N1. The number of ether oxygens (including phenoxy) is 1. The van der Waals surface area contributed by atoms with E-state index in [0.29, 0.717) is 50.8 Å². The highest BCUT2D eigenvalue weighted by Crippen LogP contribution is 2.14. The number of Topliss-reactive ketones (excluding diaryl/α,β-unsaturated/α-hetero) is 2. The number of alkyl carbamates (subject to hydrolysis) is 1. The molecule has 3 amide bonds. The second kappa shape index (κ2) is 17.6. The van der Waals surface area contributed by atoms with Crippen molar-refractivity contribution in [3.8, 4) is 0 Å². The maximum absolute atomic E-state index is 13.2. The van der Waals surface area contributed by atoms with Crippen LogP contribution in [0.25, 0.3) is 0 Å². The van der Waals surface area contributed by atoms with Crippen LogP contribution in [0.5, 0.6) is 0 Å². The largest absolute Gasteiger partial charge is 0.445 e. The summed E-state index contributed by atoms with van der Waals surface area (Å²) in [7, 11) is 0. The number of ketones is 2. The summed E-state index contributed by atoms with van der Waals surface area (Å²) in [5.41, 5.74) is 6.44. The molecule has 39 heavy (non-hydrogen) atoms. The first kappa shape index (κ1) is 32.3. The molecule has 1 aromatic carbocycles. The van der Waals surface area contributed by atoms with Crippen LogP contribution in [0.15, 0.2) is 30.3 Å². The van der Waals surface area contributed by atoms with E-state index in [1.54, 1.807) is 0 Å². The zero-order valence-electron chi connectivity index (χ0n) is 22.9. The fourth-order valence-electron chi connectivity index (χ4n) is 4.16. The lowest BCUT2D eigenvalue weighted by molar-refractivity contribution is -0.128. The summed E-state index contributed by atoms with van der Waals surface area (Å²) in [6.45, 7) is 4.44. The van der Waals surface area contributed by atoms with Crippen molar-refractivity contribution in [1.29, 1.82) is 0 Å². The second-order valence-electron chi connectivity index (χ2n) is 10.1. The van der Waals surface area contributed by atoms with Crippen molar-refractivity contribution in [2.75, 3.05) is 18.1 Å². The smallest absolute Gasteiger partial charge is 0.408 e. The van der Waals surface area contributed by atoms with Crippen molar-refractivity contribution < 1.29 is 28.7 Å². The van der Waals surface area contributed by atoms with E-state index in [1.807, 2.05) is 44.2 Å². The van der Waals surface area contributed by atoms with E-state index < -0.39 is 30.1 Å². The molecule has 1 fully saturated rings. The molecule has 1 aromatic rings. The minimum atomic E-state index is -0.857. The first-order valence-electron chi connectivity index (χ1n) is 13.6. The zero-order valence-corrected chi connectivity index (χ0v) is 23.7. The van der Waals surface area contributed by atoms with E-state index in [0.717, 1.165) is 5.56 Å². The van der Waals surface area contributed by atoms with Crippen LogP contribution in [0.1, 0.15) is 64.4 Å². The Hall–Kier alpha value is -2.92. The molecule has 0 spiro atoms. The molecular weight excluding hydrogens is 520 g/mol. The predicted molar refractivity (Wildman–Crippen MR) is 151 cm³/mol. The van der Waals surface area contributed by atoms with Crippen LogP contribution in [0, 0.1) is 5.92 Å². The average Bonchev–Trinajstić information content (AvgIpc) is 3.35. The molecule has 0 radical (unpaired) electrons. The third-order valence-corrected chi connectivity index (χ3v) is 7.28. The van der Waals surface area contributed by atoms with Gasteiger partial charge in [-0.05, 0) is 50.1 Å². The van der Waals surface area contributed by atoms with Gasteiger partial charge in [-0.1, -0.05) is 44.2 Å². The average molecular weight is 563 g/mol. The molecule has 0 aliphatic carbocycles. The van der Waals surface area contributed by atoms with Gasteiger partial charge in [0.25, 0.3) is 0 Å². The van der Waals surface area contributed by atoms with Gasteiger partial charge in [-0.2, -0.15) is 11.8 Å². The number of thioether (sulfide) groups is 1. The van der Waals surface area contributed by atoms with Crippen molar-refractivity contribution in [1.82, 2.24) is 16.0 Å². The summed E-state index contributed by atoms with van der Waals surface area (Å²) in [6, 6.07) is 7.22. The number of amides is 3. The summed E-state index contributed by atoms with van der Waals surface area (Å²) in [5.74, 6) is -0.0352. The minimum absolute atomic E-state index is 0.0321. The van der Waals surface area contributed by atoms with Crippen molar-refractivity contribution in [3.05, 3.63) is 35.9 Å². The lowest BCUT2D eigenvalue weighted by Gasteiger charge is -2.24. The molecule has 216 valence electrons. The number of rotatable bonds is 18. The van der Waals surface area contributed by atoms with E-state index in [1.165, 1.54) is 11.8 Å². The molecular formula is C28H42N4O6S. The summed E-state index contributed by atoms with van der Waals surface area (Å²) < 4.78 is 5.28. The molecule has 0 bridgehead atoms. The highest BCUT2D eigenvalue weighted by Gasteiger charge is 2.29. The molecule has 1 saturated heterocycles. The van der Waals surface area contributed by atoms with E-state index in [-0.39, 0.29) is 42.2 Å². The van der Waals surface area contributed by atoms with Gasteiger partial charge in [0.05, 0.1) is 17.8 Å². The number of carbonyl (C=O) groups is 5. The monoisotopic (exact) mass is 562 g/mol. The van der Waals surface area contributed by atoms with Crippen molar-refractivity contribution in [3.63, 3.8) is 0 Å². The van der Waals surface area contributed by atoms with Crippen molar-refractivity contribution >= 4 is 41.2 Å². The molecule has 1 unspecified atom stereocenters. The molecule has 2 rings (SSSR count). The fraction of sp³-hybridized carbons (Fsp3) is 0.607. The molecule has 5 N–H and O–H groups in total. The normalized spacial score (nSPS) is 16.3. The van der Waals surface area contributed by atoms with Gasteiger partial charge in [-0.3, -0.25) is 19.2 Å². The fourth-order valence-corrected chi connectivity index (χ4v) is 5.06. The van der Waals surface area contributed by atoms with Gasteiger partial charge in [0, 0.05) is 18.6 Å². The van der Waals surface area contributed by atoms with Crippen LogP contribution in [0.3, 0.4) is 0 Å². The van der Waals surface area contributed by atoms with Gasteiger partial charge in [-0.25, -0.2) is 4.79 Å². The van der Waals surface area contributed by atoms with E-state index in [9.17, 15) is 24.0 Å². The molecule has 11 heteroatoms. The number of benzene rings is 1. The predicted octanol–water partition coefficient (Wildman–Crippen LogP) is 2.48. The van der Waals surface area contributed by atoms with E-state index >= 15 is 0 Å². The molecule has 0 aromatic heterocycles. The van der Waals surface area contributed by atoms with Crippen LogP contribution < -0.4 is 21.7 Å². The summed E-state index contributed by atoms with van der Waals surface area (Å²) in [6.07, 6.45) is 2.63. The van der Waals surface area contributed by atoms with Gasteiger partial charge in [0.1, 0.15) is 12.6 Å². The first-order valence-corrected chi connectivity index (χ1v) is 14.7. The molecule has 1 aliphatic rings. The van der Waals surface area contributed by atoms with Crippen LogP contribution in [0.4, 0.5) is 4.79 Å². The lowest BCUT2D eigenvalue weighted by atomic mass is 10.0. The topological polar surface area (TPSA) is 157 Å². The highest BCUT2D eigenvalue weighted by atomic mass is 32.2. The van der Waals surface area contributed by atoms with E-state index in [2.05, 4.69) is 16.0 Å². The summed E-state index contributed by atoms with van der Waals surface area (Å²) >= 11 is 1.33. The highest BCUT2D eigenvalue weighted by molar-refractivity contribution is 7.99. The molecule has 1 aliphatic heterocycles. The molecule has 10 nitrogen and oxygen atoms in total. The van der Waals surface area contributed by atoms with Crippen molar-refractivity contribution in [2.45, 2.75) is 83.5 Å². The number of unbranched alkanes of at least 4 members (excludes halogenated alkanes) is 1. The Morgan fingerprint density at radius 1 is 1.10 bits per heavy atom. The lowest BCUT2D eigenvalue weighted by Crippen LogP contribution is -2.52. The summed E-state index contributed by atoms with van der Waals surface area (Å²) in [4.78, 5) is 62.2. The Balaban J connectivity index is 1.89. The Kier molecular flexibility index (Phi) is 14.6. The number of nitrogens with one attached hydrogen (secondary N) is 3. The van der Waals surface area contributed by atoms with Gasteiger partial charge in [-0.15, -0.1) is 0 Å². The Labute approximate surface area is 234 Å². The first-order chi connectivity index (χ1) is 18.7. The Bertz CT molecular complexity index is 959. The number of hydrogen-bond acceptors (Lipinski definition) is 8. The number of nitrogens with two attached hydrogens (primary N) is 1. The van der Waals surface area contributed by atoms with Gasteiger partial charge < -0.3 is 26.4 Å². The standard InChI is InChI=1S/C28H42N4O6S/c1-19(2)16-23(32-28(37)38-17-20-8-4-3-5-9-20)27(36)31-21(10-6-7-14-29)25(34)18-39-15-13-24(33)22-11-12-26(35)30-22/h3-5,8-9,19,21-23H,6-7,10-18,29H2,1-2H3,(H,30,35)(H,31,36)(H,32,37)/t21-,22?,23-/m0/s1. The Morgan fingerprint density at radius 3 is 2.49 bits per heavy atom. The van der Waals surface area contributed by atoms with Crippen LogP contribution in [-0.2, 0) is 30.5 Å². The molecule has 0 saturated carbocycles. The van der Waals surface area contributed by atoms with Crippen LogP contribution >= 0.6 is 11.8 Å². The van der Waals surface area contributed by atoms with Gasteiger partial charge in [0.15, 0.2) is 11.6 Å². The third-order valence-electron chi connectivity index (χ3n) is 6.30. The quantitative estimate of drug-likeness (QED) is 0.199. The number of carbonyl (C=O) groups excluding carboxylic acids is 5. The maximum Gasteiger partial charge on any atom is 0.408 e. The number of hydrogen-bond donors (Lipinski definition) is 4. The van der Waals surface area contributed by atoms with Crippen molar-refractivity contribution in [2.24, 2.45) is 11.7 Å². The molecule has 3 atom stereocenters. The van der Waals surface area contributed by atoms with Gasteiger partial charge >= 0.3 is 6.09 Å². The zero-order chi connectivity index (χ0) is 28.6. The van der Waals surface area contributed by atoms with Gasteiger partial charge in [0.2, 0.25) is 11.8 Å². The molecule has 1 heterocycles.